The molecule has 0 spiro atoms. The molecule has 2 rings (SSSR count). The van der Waals surface area contributed by atoms with Gasteiger partial charge in [-0.25, -0.2) is 4.39 Å². The van der Waals surface area contributed by atoms with Crippen molar-refractivity contribution in [3.8, 4) is 5.75 Å². The van der Waals surface area contributed by atoms with E-state index in [9.17, 15) is 4.39 Å². The first-order valence-corrected chi connectivity index (χ1v) is 5.98. The molecule has 0 amide bonds. The van der Waals surface area contributed by atoms with Crippen LogP contribution < -0.4 is 10.1 Å². The monoisotopic (exact) mass is 238 g/mol. The molecule has 4 heteroatoms. The number of nitrogens with zero attached hydrogens (tertiary/aromatic N) is 1. The summed E-state index contributed by atoms with van der Waals surface area (Å²) in [6, 6.07) is 5.78. The van der Waals surface area contributed by atoms with Gasteiger partial charge in [0.2, 0.25) is 0 Å². The van der Waals surface area contributed by atoms with Crippen LogP contribution in [0.25, 0.3) is 0 Å². The first-order valence-electron chi connectivity index (χ1n) is 5.98. The fraction of sp³-hybridized carbons (Fsp3) is 0.538. The molecule has 1 heterocycles. The van der Waals surface area contributed by atoms with Gasteiger partial charge < -0.3 is 10.1 Å². The quantitative estimate of drug-likeness (QED) is 0.866. The lowest BCUT2D eigenvalue weighted by atomic mass is 10.1. The second-order valence-corrected chi connectivity index (χ2v) is 4.52. The molecular weight excluding hydrogens is 219 g/mol. The van der Waals surface area contributed by atoms with Gasteiger partial charge in [0.15, 0.2) is 11.6 Å². The van der Waals surface area contributed by atoms with Crippen molar-refractivity contribution < 1.29 is 9.13 Å². The maximum Gasteiger partial charge on any atom is 0.169 e. The first kappa shape index (κ1) is 12.3. The zero-order chi connectivity index (χ0) is 12.3. The minimum Gasteiger partial charge on any atom is -0.494 e. The van der Waals surface area contributed by atoms with E-state index in [2.05, 4.69) is 17.1 Å². The Morgan fingerprint density at radius 1 is 1.53 bits per heavy atom. The van der Waals surface area contributed by atoms with Crippen LogP contribution in [0.3, 0.4) is 0 Å². The highest BCUT2D eigenvalue weighted by atomic mass is 19.1. The van der Waals surface area contributed by atoms with E-state index in [0.29, 0.717) is 23.9 Å². The molecule has 17 heavy (non-hydrogen) atoms. The lowest BCUT2D eigenvalue weighted by molar-refractivity contribution is 0.197. The van der Waals surface area contributed by atoms with Crippen LogP contribution in [0.2, 0.25) is 0 Å². The number of halogens is 1. The highest BCUT2D eigenvalue weighted by Crippen LogP contribution is 2.21. The van der Waals surface area contributed by atoms with Crippen LogP contribution in [0.4, 0.5) is 4.39 Å². The van der Waals surface area contributed by atoms with E-state index in [4.69, 9.17) is 4.74 Å². The largest absolute Gasteiger partial charge is 0.494 e. The minimum absolute atomic E-state index is 0.235. The van der Waals surface area contributed by atoms with Crippen LogP contribution >= 0.6 is 0 Å². The van der Waals surface area contributed by atoms with Gasteiger partial charge in [-0.1, -0.05) is 12.1 Å². The molecule has 1 aromatic rings. The smallest absolute Gasteiger partial charge is 0.169 e. The van der Waals surface area contributed by atoms with E-state index < -0.39 is 0 Å². The molecule has 0 aromatic heterocycles. The third-order valence-electron chi connectivity index (χ3n) is 3.11. The summed E-state index contributed by atoms with van der Waals surface area (Å²) < 4.78 is 18.9. The lowest BCUT2D eigenvalue weighted by Crippen LogP contribution is -2.48. The van der Waals surface area contributed by atoms with Crippen LogP contribution in [0, 0.1) is 5.82 Å². The van der Waals surface area contributed by atoms with Crippen molar-refractivity contribution in [3.05, 3.63) is 29.6 Å². The number of ether oxygens (including phenoxy) is 1. The lowest BCUT2D eigenvalue weighted by Gasteiger charge is -2.31. The predicted molar refractivity (Wildman–Crippen MR) is 65.7 cm³/mol. The Labute approximate surface area is 102 Å². The molecule has 0 radical (unpaired) electrons. The zero-order valence-corrected chi connectivity index (χ0v) is 10.4. The van der Waals surface area contributed by atoms with Gasteiger partial charge in [0.05, 0.1) is 7.11 Å². The summed E-state index contributed by atoms with van der Waals surface area (Å²) in [5.41, 5.74) is 0.707. The molecule has 0 bridgehead atoms. The number of methoxy groups -OCH3 is 1. The van der Waals surface area contributed by atoms with E-state index in [1.54, 1.807) is 6.07 Å². The van der Waals surface area contributed by atoms with Crippen molar-refractivity contribution in [2.45, 2.75) is 19.5 Å². The molecule has 94 valence electrons. The van der Waals surface area contributed by atoms with Crippen molar-refractivity contribution in [3.63, 3.8) is 0 Å². The fourth-order valence-electron chi connectivity index (χ4n) is 2.23. The average molecular weight is 238 g/mol. The second kappa shape index (κ2) is 5.47. The van der Waals surface area contributed by atoms with Crippen LogP contribution in [0.1, 0.15) is 12.5 Å². The Hall–Kier alpha value is -1.13. The summed E-state index contributed by atoms with van der Waals surface area (Å²) in [5.74, 6) is 0.0897. The van der Waals surface area contributed by atoms with Gasteiger partial charge in [0, 0.05) is 37.8 Å². The molecule has 1 unspecified atom stereocenters. The molecule has 1 aromatic carbocycles. The van der Waals surface area contributed by atoms with Crippen LogP contribution in [0.15, 0.2) is 18.2 Å². The summed E-state index contributed by atoms with van der Waals surface area (Å²) in [7, 11) is 1.50. The Kier molecular flexibility index (Phi) is 3.97. The molecule has 1 aliphatic rings. The Morgan fingerprint density at radius 2 is 2.35 bits per heavy atom. The van der Waals surface area contributed by atoms with Crippen molar-refractivity contribution in [2.75, 3.05) is 26.7 Å². The summed E-state index contributed by atoms with van der Waals surface area (Å²) in [5, 5.41) is 3.37. The first-order chi connectivity index (χ1) is 8.20. The van der Waals surface area contributed by atoms with Crippen molar-refractivity contribution in [2.24, 2.45) is 0 Å². The molecule has 0 saturated carbocycles. The molecule has 1 atom stereocenters. The summed E-state index contributed by atoms with van der Waals surface area (Å²) in [6.07, 6.45) is 0. The maximum atomic E-state index is 14.0. The third kappa shape index (κ3) is 2.96. The van der Waals surface area contributed by atoms with E-state index >= 15 is 0 Å². The third-order valence-corrected chi connectivity index (χ3v) is 3.11. The Balaban J connectivity index is 2.07. The molecule has 1 fully saturated rings. The van der Waals surface area contributed by atoms with E-state index in [1.807, 2.05) is 12.1 Å². The fourth-order valence-corrected chi connectivity index (χ4v) is 2.23. The second-order valence-electron chi connectivity index (χ2n) is 4.52. The highest BCUT2D eigenvalue weighted by molar-refractivity contribution is 5.31. The molecular formula is C13H19FN2O. The van der Waals surface area contributed by atoms with E-state index in [-0.39, 0.29) is 5.82 Å². The Morgan fingerprint density at radius 3 is 3.06 bits per heavy atom. The SMILES string of the molecule is COc1cccc(CN2CCNC(C)C2)c1F. The van der Waals surface area contributed by atoms with Crippen LogP contribution in [-0.4, -0.2) is 37.7 Å². The summed E-state index contributed by atoms with van der Waals surface area (Å²) in [6.45, 7) is 5.67. The molecule has 1 N–H and O–H groups in total. The normalized spacial score (nSPS) is 21.5. The zero-order valence-electron chi connectivity index (χ0n) is 10.4. The van der Waals surface area contributed by atoms with Gasteiger partial charge >= 0.3 is 0 Å². The van der Waals surface area contributed by atoms with Crippen molar-refractivity contribution in [1.29, 1.82) is 0 Å². The Bertz CT molecular complexity index is 384. The highest BCUT2D eigenvalue weighted by Gasteiger charge is 2.17. The maximum absolute atomic E-state index is 14.0. The van der Waals surface area contributed by atoms with Gasteiger partial charge in [-0.15, -0.1) is 0 Å². The standard InChI is InChI=1S/C13H19FN2O/c1-10-8-16(7-6-15-10)9-11-4-3-5-12(17-2)13(11)14/h3-5,10,15H,6-9H2,1-2H3. The molecule has 1 aliphatic heterocycles. The number of rotatable bonds is 3. The van der Waals surface area contributed by atoms with Gasteiger partial charge in [-0.05, 0) is 13.0 Å². The molecule has 0 aliphatic carbocycles. The van der Waals surface area contributed by atoms with Gasteiger partial charge in [-0.3, -0.25) is 4.90 Å². The number of piperazine rings is 1. The minimum atomic E-state index is -0.235. The van der Waals surface area contributed by atoms with E-state index in [0.717, 1.165) is 19.6 Å². The van der Waals surface area contributed by atoms with Gasteiger partial charge in [0.25, 0.3) is 0 Å². The van der Waals surface area contributed by atoms with Crippen LogP contribution in [0.5, 0.6) is 5.75 Å². The number of benzene rings is 1. The van der Waals surface area contributed by atoms with Gasteiger partial charge in [-0.2, -0.15) is 0 Å². The van der Waals surface area contributed by atoms with Gasteiger partial charge in [0.1, 0.15) is 0 Å². The average Bonchev–Trinajstić information content (AvgIpc) is 2.32. The number of nitrogens with one attached hydrogen (secondary N) is 1. The van der Waals surface area contributed by atoms with Crippen LogP contribution in [-0.2, 0) is 6.54 Å². The number of hydrogen-bond donors (Lipinski definition) is 1. The van der Waals surface area contributed by atoms with E-state index in [1.165, 1.54) is 7.11 Å². The molecule has 1 saturated heterocycles. The summed E-state index contributed by atoms with van der Waals surface area (Å²) >= 11 is 0. The predicted octanol–water partition coefficient (Wildman–Crippen LogP) is 1.63. The van der Waals surface area contributed by atoms with Crippen molar-refractivity contribution >= 4 is 0 Å². The summed E-state index contributed by atoms with van der Waals surface area (Å²) in [4.78, 5) is 2.26. The molecule has 3 nitrogen and oxygen atoms in total. The number of hydrogen-bond acceptors (Lipinski definition) is 3. The topological polar surface area (TPSA) is 24.5 Å². The van der Waals surface area contributed by atoms with Crippen molar-refractivity contribution in [1.82, 2.24) is 10.2 Å².